The summed E-state index contributed by atoms with van der Waals surface area (Å²) in [5.74, 6) is 1.06. The summed E-state index contributed by atoms with van der Waals surface area (Å²) in [6.45, 7) is 5.09. The fourth-order valence-corrected chi connectivity index (χ4v) is 4.63. The van der Waals surface area contributed by atoms with Crippen LogP contribution in [-0.4, -0.2) is 47.0 Å². The first-order valence-electron chi connectivity index (χ1n) is 8.69. The average molecular weight is 431 g/mol. The third-order valence-electron chi connectivity index (χ3n) is 4.68. The number of aromatic nitrogens is 2. The third kappa shape index (κ3) is 3.21. The van der Waals surface area contributed by atoms with Crippen molar-refractivity contribution < 1.29 is 4.79 Å². The standard InChI is InChI=1S/C19H19BrN4OS/c1-2-13-11-15-17(21-12-22-18(15)26-13)23-7-9-24(10-8-23)19(25)14-5-3-4-6-16(14)20/h3-6,11-12H,2,7-10H2,1H3. The fourth-order valence-electron chi connectivity index (χ4n) is 3.25. The molecule has 3 heterocycles. The predicted octanol–water partition coefficient (Wildman–Crippen LogP) is 3.98. The highest BCUT2D eigenvalue weighted by Crippen LogP contribution is 2.31. The maximum Gasteiger partial charge on any atom is 0.255 e. The van der Waals surface area contributed by atoms with E-state index < -0.39 is 0 Å². The number of nitrogens with zero attached hydrogens (tertiary/aromatic N) is 4. The smallest absolute Gasteiger partial charge is 0.255 e. The number of carbonyl (C=O) groups is 1. The van der Waals surface area contributed by atoms with Crippen molar-refractivity contribution in [3.8, 4) is 0 Å². The number of rotatable bonds is 3. The molecule has 0 saturated carbocycles. The highest BCUT2D eigenvalue weighted by molar-refractivity contribution is 9.10. The van der Waals surface area contributed by atoms with E-state index in [1.807, 2.05) is 29.2 Å². The summed E-state index contributed by atoms with van der Waals surface area (Å²) >= 11 is 5.21. The van der Waals surface area contributed by atoms with Crippen LogP contribution < -0.4 is 4.90 Å². The molecule has 0 spiro atoms. The van der Waals surface area contributed by atoms with Gasteiger partial charge in [-0.15, -0.1) is 11.3 Å². The normalized spacial score (nSPS) is 14.8. The lowest BCUT2D eigenvalue weighted by Crippen LogP contribution is -2.49. The van der Waals surface area contributed by atoms with E-state index >= 15 is 0 Å². The van der Waals surface area contributed by atoms with E-state index in [2.05, 4.69) is 43.8 Å². The number of carbonyl (C=O) groups excluding carboxylic acids is 1. The molecule has 0 unspecified atom stereocenters. The first-order chi connectivity index (χ1) is 12.7. The summed E-state index contributed by atoms with van der Waals surface area (Å²) in [7, 11) is 0. The van der Waals surface area contributed by atoms with Gasteiger partial charge in [-0.25, -0.2) is 9.97 Å². The molecular weight excluding hydrogens is 412 g/mol. The van der Waals surface area contributed by atoms with Gasteiger partial charge in [-0.05, 0) is 40.5 Å². The van der Waals surface area contributed by atoms with E-state index in [0.717, 1.165) is 45.6 Å². The van der Waals surface area contributed by atoms with Crippen LogP contribution in [0.25, 0.3) is 10.2 Å². The Morgan fingerprint density at radius 3 is 2.69 bits per heavy atom. The highest BCUT2D eigenvalue weighted by atomic mass is 79.9. The number of halogens is 1. The Hall–Kier alpha value is -1.99. The Bertz CT molecular complexity index is 950. The van der Waals surface area contributed by atoms with Crippen LogP contribution in [0.2, 0.25) is 0 Å². The molecule has 3 aromatic rings. The van der Waals surface area contributed by atoms with Crippen molar-refractivity contribution in [3.05, 3.63) is 51.6 Å². The molecule has 1 amide bonds. The number of anilines is 1. The van der Waals surface area contributed by atoms with Crippen LogP contribution in [0.1, 0.15) is 22.2 Å². The first kappa shape index (κ1) is 17.4. The van der Waals surface area contributed by atoms with Crippen LogP contribution in [-0.2, 0) is 6.42 Å². The van der Waals surface area contributed by atoms with Gasteiger partial charge in [0.25, 0.3) is 5.91 Å². The van der Waals surface area contributed by atoms with E-state index in [0.29, 0.717) is 13.1 Å². The number of hydrogen-bond acceptors (Lipinski definition) is 5. The second-order valence-corrected chi connectivity index (χ2v) is 8.21. The van der Waals surface area contributed by atoms with Crippen LogP contribution in [0.5, 0.6) is 0 Å². The van der Waals surface area contributed by atoms with Crippen LogP contribution in [0.4, 0.5) is 5.82 Å². The molecular formula is C19H19BrN4OS. The minimum atomic E-state index is 0.0776. The zero-order valence-corrected chi connectivity index (χ0v) is 16.9. The average Bonchev–Trinajstić information content (AvgIpc) is 3.11. The van der Waals surface area contributed by atoms with Gasteiger partial charge in [0, 0.05) is 35.5 Å². The number of piperazine rings is 1. The van der Waals surface area contributed by atoms with Gasteiger partial charge in [-0.3, -0.25) is 4.79 Å². The van der Waals surface area contributed by atoms with Gasteiger partial charge >= 0.3 is 0 Å². The summed E-state index contributed by atoms with van der Waals surface area (Å²) in [4.78, 5) is 28.3. The van der Waals surface area contributed by atoms with Crippen LogP contribution in [0.15, 0.2) is 41.1 Å². The minimum Gasteiger partial charge on any atom is -0.352 e. The van der Waals surface area contributed by atoms with Gasteiger partial charge in [0.2, 0.25) is 0 Å². The van der Waals surface area contributed by atoms with E-state index in [9.17, 15) is 4.79 Å². The van der Waals surface area contributed by atoms with Crippen molar-refractivity contribution >= 4 is 49.2 Å². The van der Waals surface area contributed by atoms with Crippen molar-refractivity contribution in [2.75, 3.05) is 31.1 Å². The van der Waals surface area contributed by atoms with Crippen LogP contribution in [0, 0.1) is 0 Å². The third-order valence-corrected chi connectivity index (χ3v) is 6.56. The molecule has 4 rings (SSSR count). The quantitative estimate of drug-likeness (QED) is 0.630. The summed E-state index contributed by atoms with van der Waals surface area (Å²) in [5.41, 5.74) is 0.718. The molecule has 0 aliphatic carbocycles. The van der Waals surface area contributed by atoms with Gasteiger partial charge in [-0.2, -0.15) is 0 Å². The van der Waals surface area contributed by atoms with Gasteiger partial charge in [0.1, 0.15) is 17.0 Å². The molecule has 5 nitrogen and oxygen atoms in total. The van der Waals surface area contributed by atoms with Crippen molar-refractivity contribution in [2.24, 2.45) is 0 Å². The largest absolute Gasteiger partial charge is 0.352 e. The lowest BCUT2D eigenvalue weighted by atomic mass is 10.2. The summed E-state index contributed by atoms with van der Waals surface area (Å²) in [6, 6.07) is 9.79. The predicted molar refractivity (Wildman–Crippen MR) is 109 cm³/mol. The zero-order valence-electron chi connectivity index (χ0n) is 14.5. The molecule has 1 aromatic carbocycles. The number of benzene rings is 1. The van der Waals surface area contributed by atoms with Crippen molar-refractivity contribution in [3.63, 3.8) is 0 Å². The number of fused-ring (bicyclic) bond motifs is 1. The van der Waals surface area contributed by atoms with E-state index in [-0.39, 0.29) is 5.91 Å². The SMILES string of the molecule is CCc1cc2c(N3CCN(C(=O)c4ccccc4Br)CC3)ncnc2s1. The molecule has 26 heavy (non-hydrogen) atoms. The molecule has 1 saturated heterocycles. The molecule has 0 bridgehead atoms. The second-order valence-electron chi connectivity index (χ2n) is 6.24. The lowest BCUT2D eigenvalue weighted by Gasteiger charge is -2.35. The number of thiophene rings is 1. The van der Waals surface area contributed by atoms with Crippen molar-refractivity contribution in [1.82, 2.24) is 14.9 Å². The molecule has 134 valence electrons. The van der Waals surface area contributed by atoms with E-state index in [1.165, 1.54) is 4.88 Å². The Labute approximate surface area is 164 Å². The van der Waals surface area contributed by atoms with Gasteiger partial charge < -0.3 is 9.80 Å². The molecule has 7 heteroatoms. The number of hydrogen-bond donors (Lipinski definition) is 0. The summed E-state index contributed by atoms with van der Waals surface area (Å²) in [6.07, 6.45) is 2.65. The van der Waals surface area contributed by atoms with E-state index in [1.54, 1.807) is 17.7 Å². The Morgan fingerprint density at radius 2 is 1.96 bits per heavy atom. The van der Waals surface area contributed by atoms with Crippen molar-refractivity contribution in [2.45, 2.75) is 13.3 Å². The summed E-state index contributed by atoms with van der Waals surface area (Å²) in [5, 5.41) is 1.12. The monoisotopic (exact) mass is 430 g/mol. The van der Waals surface area contributed by atoms with Crippen LogP contribution >= 0.6 is 27.3 Å². The molecule has 2 aromatic heterocycles. The van der Waals surface area contributed by atoms with Crippen molar-refractivity contribution in [1.29, 1.82) is 0 Å². The Kier molecular flexibility index (Phi) is 4.91. The Morgan fingerprint density at radius 1 is 1.19 bits per heavy atom. The van der Waals surface area contributed by atoms with E-state index in [4.69, 9.17) is 0 Å². The molecule has 1 aliphatic rings. The van der Waals surface area contributed by atoms with Crippen LogP contribution in [0.3, 0.4) is 0 Å². The molecule has 1 fully saturated rings. The second kappa shape index (κ2) is 7.32. The number of aryl methyl sites for hydroxylation is 1. The topological polar surface area (TPSA) is 49.3 Å². The summed E-state index contributed by atoms with van der Waals surface area (Å²) < 4.78 is 0.843. The van der Waals surface area contributed by atoms with Gasteiger partial charge in [0.15, 0.2) is 0 Å². The Balaban J connectivity index is 1.51. The van der Waals surface area contributed by atoms with Gasteiger partial charge in [-0.1, -0.05) is 19.1 Å². The molecule has 0 radical (unpaired) electrons. The minimum absolute atomic E-state index is 0.0776. The maximum absolute atomic E-state index is 12.8. The first-order valence-corrected chi connectivity index (χ1v) is 10.3. The molecule has 0 N–H and O–H groups in total. The fraction of sp³-hybridized carbons (Fsp3) is 0.316. The number of amides is 1. The maximum atomic E-state index is 12.8. The highest BCUT2D eigenvalue weighted by Gasteiger charge is 2.25. The zero-order chi connectivity index (χ0) is 18.1. The van der Waals surface area contributed by atoms with Gasteiger partial charge in [0.05, 0.1) is 10.9 Å². The molecule has 1 aliphatic heterocycles. The lowest BCUT2D eigenvalue weighted by molar-refractivity contribution is 0.0745. The molecule has 0 atom stereocenters.